The van der Waals surface area contributed by atoms with Crippen molar-refractivity contribution in [2.45, 2.75) is 64.2 Å². The number of hydrogen-bond acceptors (Lipinski definition) is 3. The van der Waals surface area contributed by atoms with E-state index in [1.54, 1.807) is 0 Å². The number of carbonyl (C=O) groups excluding carboxylic acids is 2. The van der Waals surface area contributed by atoms with Crippen molar-refractivity contribution in [3.63, 3.8) is 0 Å². The summed E-state index contributed by atoms with van der Waals surface area (Å²) >= 11 is 6.22. The normalized spacial score (nSPS) is 34.6. The highest BCUT2D eigenvalue weighted by molar-refractivity contribution is 6.30. The average Bonchev–Trinajstić information content (AvgIpc) is 2.91. The number of carbonyl (C=O) groups is 2. The van der Waals surface area contributed by atoms with Crippen molar-refractivity contribution in [1.29, 1.82) is 0 Å². The molecule has 1 aromatic carbocycles. The molecule has 2 saturated carbocycles. The van der Waals surface area contributed by atoms with Gasteiger partial charge in [-0.1, -0.05) is 24.6 Å². The zero-order valence-corrected chi connectivity index (χ0v) is 17.1. The molecule has 0 amide bonds. The number of hydrogen-bond donors (Lipinski definition) is 0. The van der Waals surface area contributed by atoms with Crippen molar-refractivity contribution in [2.75, 3.05) is 7.11 Å². The second kappa shape index (κ2) is 7.24. The molecule has 0 spiro atoms. The molecule has 146 valence electrons. The summed E-state index contributed by atoms with van der Waals surface area (Å²) < 4.78 is 4.78. The quantitative estimate of drug-likeness (QED) is 0.654. The predicted octanol–water partition coefficient (Wildman–Crippen LogP) is 5.33. The summed E-state index contributed by atoms with van der Waals surface area (Å²) in [6.45, 7) is 2.22. The molecule has 5 atom stereocenters. The summed E-state index contributed by atoms with van der Waals surface area (Å²) in [5.41, 5.74) is 2.70. The Morgan fingerprint density at radius 3 is 2.93 bits per heavy atom. The minimum atomic E-state index is -0.166. The van der Waals surface area contributed by atoms with Gasteiger partial charge >= 0.3 is 5.97 Å². The number of Topliss-reactive ketones (excluding diaryl/α,β-unsaturated/α-hetero) is 1. The molecule has 3 aliphatic carbocycles. The number of methoxy groups -OCH3 is 1. The highest BCUT2D eigenvalue weighted by Gasteiger charge is 2.58. The van der Waals surface area contributed by atoms with Gasteiger partial charge in [0.2, 0.25) is 0 Å². The summed E-state index contributed by atoms with van der Waals surface area (Å²) in [5.74, 6) is 2.30. The number of esters is 1. The lowest BCUT2D eigenvalue weighted by Gasteiger charge is -2.50. The molecule has 0 aliphatic heterocycles. The number of rotatable bonds is 4. The van der Waals surface area contributed by atoms with E-state index in [9.17, 15) is 9.59 Å². The van der Waals surface area contributed by atoms with Crippen LogP contribution in [0.2, 0.25) is 5.02 Å². The molecule has 0 radical (unpaired) electrons. The standard InChI is InChI=1S/C23H29ClO3/c1-23-11-10-18-17-9-7-16(24)12-14(17)6-8-19(18)22(23)15(13-20(23)25)4-3-5-21(26)27-2/h7,9,12,15,18-19,22H,3-6,8,10-11,13H2,1-2H3/t15-,18?,19?,22?,23-/m1/s1. The first-order valence-corrected chi connectivity index (χ1v) is 10.7. The number of halogens is 1. The molecular weight excluding hydrogens is 360 g/mol. The van der Waals surface area contributed by atoms with E-state index in [1.807, 2.05) is 6.07 Å². The molecule has 1 aromatic rings. The molecule has 2 fully saturated rings. The summed E-state index contributed by atoms with van der Waals surface area (Å²) in [6.07, 6.45) is 7.24. The van der Waals surface area contributed by atoms with Crippen LogP contribution in [-0.4, -0.2) is 18.9 Å². The Labute approximate surface area is 166 Å². The molecule has 3 aliphatic rings. The number of ketones is 1. The van der Waals surface area contributed by atoms with Gasteiger partial charge < -0.3 is 4.74 Å². The van der Waals surface area contributed by atoms with E-state index in [2.05, 4.69) is 19.1 Å². The number of ether oxygens (including phenoxy) is 1. The van der Waals surface area contributed by atoms with E-state index >= 15 is 0 Å². The highest BCUT2D eigenvalue weighted by Crippen LogP contribution is 2.62. The fourth-order valence-corrected chi connectivity index (χ4v) is 6.68. The van der Waals surface area contributed by atoms with Crippen LogP contribution in [0, 0.1) is 23.2 Å². The number of aryl methyl sites for hydroxylation is 1. The first-order chi connectivity index (χ1) is 12.9. The van der Waals surface area contributed by atoms with E-state index in [-0.39, 0.29) is 11.4 Å². The van der Waals surface area contributed by atoms with Crippen LogP contribution < -0.4 is 0 Å². The molecule has 0 aromatic heterocycles. The molecule has 0 bridgehead atoms. The zero-order chi connectivity index (χ0) is 19.2. The van der Waals surface area contributed by atoms with Gasteiger partial charge in [-0.25, -0.2) is 0 Å². The van der Waals surface area contributed by atoms with Gasteiger partial charge in [0, 0.05) is 23.3 Å². The lowest BCUT2D eigenvalue weighted by molar-refractivity contribution is -0.140. The minimum absolute atomic E-state index is 0.146. The fraction of sp³-hybridized carbons (Fsp3) is 0.652. The van der Waals surface area contributed by atoms with Gasteiger partial charge in [-0.3, -0.25) is 9.59 Å². The van der Waals surface area contributed by atoms with Gasteiger partial charge in [-0.15, -0.1) is 0 Å². The van der Waals surface area contributed by atoms with Gasteiger partial charge in [0.1, 0.15) is 5.78 Å². The van der Waals surface area contributed by atoms with Crippen LogP contribution in [-0.2, 0) is 20.7 Å². The molecule has 0 saturated heterocycles. The smallest absolute Gasteiger partial charge is 0.305 e. The fourth-order valence-electron chi connectivity index (χ4n) is 6.49. The lowest BCUT2D eigenvalue weighted by Crippen LogP contribution is -2.44. The molecular formula is C23H29ClO3. The van der Waals surface area contributed by atoms with E-state index in [1.165, 1.54) is 18.2 Å². The van der Waals surface area contributed by atoms with Crippen molar-refractivity contribution in [3.05, 3.63) is 34.3 Å². The van der Waals surface area contributed by atoms with Gasteiger partial charge in [0.15, 0.2) is 0 Å². The van der Waals surface area contributed by atoms with Crippen LogP contribution in [0.1, 0.15) is 68.9 Å². The van der Waals surface area contributed by atoms with Crippen molar-refractivity contribution in [3.8, 4) is 0 Å². The number of fused-ring (bicyclic) bond motifs is 5. The van der Waals surface area contributed by atoms with Crippen molar-refractivity contribution >= 4 is 23.4 Å². The molecule has 3 unspecified atom stereocenters. The van der Waals surface area contributed by atoms with Crippen LogP contribution in [0.15, 0.2) is 18.2 Å². The third-order valence-electron chi connectivity index (χ3n) is 7.72. The van der Waals surface area contributed by atoms with Crippen molar-refractivity contribution in [1.82, 2.24) is 0 Å². The Morgan fingerprint density at radius 2 is 2.15 bits per heavy atom. The lowest BCUT2D eigenvalue weighted by atomic mass is 9.54. The largest absolute Gasteiger partial charge is 0.469 e. The van der Waals surface area contributed by atoms with E-state index in [4.69, 9.17) is 16.3 Å². The Morgan fingerprint density at radius 1 is 1.33 bits per heavy atom. The summed E-state index contributed by atoms with van der Waals surface area (Å²) in [5, 5.41) is 0.824. The Balaban J connectivity index is 1.58. The van der Waals surface area contributed by atoms with Crippen LogP contribution in [0.25, 0.3) is 0 Å². The van der Waals surface area contributed by atoms with Gasteiger partial charge in [-0.2, -0.15) is 0 Å². The van der Waals surface area contributed by atoms with Crippen LogP contribution in [0.3, 0.4) is 0 Å². The zero-order valence-electron chi connectivity index (χ0n) is 16.3. The van der Waals surface area contributed by atoms with E-state index in [0.29, 0.717) is 42.3 Å². The van der Waals surface area contributed by atoms with Crippen LogP contribution in [0.4, 0.5) is 0 Å². The molecule has 4 rings (SSSR count). The van der Waals surface area contributed by atoms with E-state index < -0.39 is 0 Å². The second-order valence-electron chi connectivity index (χ2n) is 8.99. The number of benzene rings is 1. The summed E-state index contributed by atoms with van der Waals surface area (Å²) in [7, 11) is 1.44. The third-order valence-corrected chi connectivity index (χ3v) is 7.95. The van der Waals surface area contributed by atoms with Crippen LogP contribution >= 0.6 is 11.6 Å². The third kappa shape index (κ3) is 3.22. The topological polar surface area (TPSA) is 43.4 Å². The van der Waals surface area contributed by atoms with Crippen molar-refractivity contribution < 1.29 is 14.3 Å². The maximum atomic E-state index is 12.9. The minimum Gasteiger partial charge on any atom is -0.469 e. The van der Waals surface area contributed by atoms with Gasteiger partial charge in [0.05, 0.1) is 7.11 Å². The maximum absolute atomic E-state index is 12.9. The Hall–Kier alpha value is -1.35. The van der Waals surface area contributed by atoms with Gasteiger partial charge in [-0.05, 0) is 85.5 Å². The predicted molar refractivity (Wildman–Crippen MR) is 106 cm³/mol. The maximum Gasteiger partial charge on any atom is 0.305 e. The molecule has 3 nitrogen and oxygen atoms in total. The van der Waals surface area contributed by atoms with Gasteiger partial charge in [0.25, 0.3) is 0 Å². The second-order valence-corrected chi connectivity index (χ2v) is 9.43. The molecule has 0 N–H and O–H groups in total. The monoisotopic (exact) mass is 388 g/mol. The Kier molecular flexibility index (Phi) is 5.09. The molecule has 4 heteroatoms. The average molecular weight is 389 g/mol. The SMILES string of the molecule is COC(=O)CCC[C@@H]1CC(=O)[C@@]2(C)CCC3c4ccc(Cl)cc4CCC3C12. The molecule has 27 heavy (non-hydrogen) atoms. The summed E-state index contributed by atoms with van der Waals surface area (Å²) in [4.78, 5) is 24.4. The first kappa shape index (κ1) is 19.0. The highest BCUT2D eigenvalue weighted by atomic mass is 35.5. The first-order valence-electron chi connectivity index (χ1n) is 10.3. The van der Waals surface area contributed by atoms with Crippen molar-refractivity contribution in [2.24, 2.45) is 23.2 Å². The molecule has 0 heterocycles. The van der Waals surface area contributed by atoms with Crippen LogP contribution in [0.5, 0.6) is 0 Å². The Bertz CT molecular complexity index is 758. The summed E-state index contributed by atoms with van der Waals surface area (Å²) in [6, 6.07) is 6.37. The van der Waals surface area contributed by atoms with E-state index in [0.717, 1.165) is 43.5 Å².